The summed E-state index contributed by atoms with van der Waals surface area (Å²) in [5.41, 5.74) is 2.14. The smallest absolute Gasteiger partial charge is 0.264 e. The molecule has 1 aromatic heterocycles. The fraction of sp³-hybridized carbons (Fsp3) is 0.267. The fourth-order valence-electron chi connectivity index (χ4n) is 1.84. The minimum Gasteiger partial charge on any atom is -0.369 e. The van der Waals surface area contributed by atoms with Gasteiger partial charge in [0.2, 0.25) is 0 Å². The van der Waals surface area contributed by atoms with Crippen LogP contribution in [-0.2, 0) is 4.74 Å². The average Bonchev–Trinajstić information content (AvgIpc) is 2.38. The van der Waals surface area contributed by atoms with Crippen molar-refractivity contribution in [3.8, 4) is 11.8 Å². The van der Waals surface area contributed by atoms with Gasteiger partial charge in [0.25, 0.3) is 5.56 Å². The zero-order valence-corrected chi connectivity index (χ0v) is 10.5. The Morgan fingerprint density at radius 1 is 1.33 bits per heavy atom. The van der Waals surface area contributed by atoms with E-state index in [4.69, 9.17) is 4.74 Å². The number of para-hydroxylation sites is 1. The number of pyridine rings is 1. The number of rotatable bonds is 2. The Labute approximate surface area is 106 Å². The lowest BCUT2D eigenvalue weighted by Crippen LogP contribution is -2.12. The van der Waals surface area contributed by atoms with Gasteiger partial charge in [-0.3, -0.25) is 4.79 Å². The molecule has 0 amide bonds. The highest BCUT2D eigenvalue weighted by Crippen LogP contribution is 2.15. The maximum Gasteiger partial charge on any atom is 0.264 e. The van der Waals surface area contributed by atoms with E-state index in [2.05, 4.69) is 16.8 Å². The molecule has 0 aliphatic carbocycles. The third-order valence-corrected chi connectivity index (χ3v) is 2.77. The molecule has 0 atom stereocenters. The summed E-state index contributed by atoms with van der Waals surface area (Å²) < 4.78 is 5.14. The molecule has 0 fully saturated rings. The quantitative estimate of drug-likeness (QED) is 0.647. The molecular weight excluding hydrogens is 226 g/mol. The van der Waals surface area contributed by atoms with E-state index in [1.165, 1.54) is 0 Å². The van der Waals surface area contributed by atoms with Crippen LogP contribution in [0.25, 0.3) is 10.9 Å². The second-order valence-corrected chi connectivity index (χ2v) is 3.94. The first kappa shape index (κ1) is 12.4. The molecule has 1 heterocycles. The summed E-state index contributed by atoms with van der Waals surface area (Å²) in [6, 6.07) is 7.72. The van der Waals surface area contributed by atoms with Gasteiger partial charge in [0.15, 0.2) is 0 Å². The summed E-state index contributed by atoms with van der Waals surface area (Å²) in [7, 11) is 0. The Bertz CT molecular complexity index is 674. The van der Waals surface area contributed by atoms with E-state index >= 15 is 0 Å². The maximum atomic E-state index is 11.9. The predicted octanol–water partition coefficient (Wildman–Crippen LogP) is 2.22. The maximum absolute atomic E-state index is 11.9. The van der Waals surface area contributed by atoms with Gasteiger partial charge in [-0.15, -0.1) is 0 Å². The van der Waals surface area contributed by atoms with Gasteiger partial charge in [0.1, 0.15) is 6.61 Å². The monoisotopic (exact) mass is 241 g/mol. The van der Waals surface area contributed by atoms with Gasteiger partial charge in [-0.1, -0.05) is 30.0 Å². The zero-order chi connectivity index (χ0) is 13.0. The number of aryl methyl sites for hydroxylation is 1. The van der Waals surface area contributed by atoms with Gasteiger partial charge >= 0.3 is 0 Å². The molecule has 2 aromatic rings. The summed E-state index contributed by atoms with van der Waals surface area (Å²) >= 11 is 0. The van der Waals surface area contributed by atoms with Crippen LogP contribution >= 0.6 is 0 Å². The number of nitrogens with one attached hydrogen (secondary N) is 1. The molecule has 1 aromatic carbocycles. The molecular formula is C15H15NO2. The molecule has 1 N–H and O–H groups in total. The number of H-pyrrole nitrogens is 1. The Hall–Kier alpha value is -2.05. The SMILES string of the molecule is CCOCC#Cc1c(C)c2ccccc2[nH]c1=O. The second-order valence-electron chi connectivity index (χ2n) is 3.94. The minimum absolute atomic E-state index is 0.143. The van der Waals surface area contributed by atoms with Crippen LogP contribution in [0.1, 0.15) is 18.1 Å². The van der Waals surface area contributed by atoms with E-state index in [0.29, 0.717) is 18.8 Å². The van der Waals surface area contributed by atoms with Crippen molar-refractivity contribution in [2.45, 2.75) is 13.8 Å². The topological polar surface area (TPSA) is 42.1 Å². The van der Waals surface area contributed by atoms with Crippen LogP contribution in [0.2, 0.25) is 0 Å². The predicted molar refractivity (Wildman–Crippen MR) is 72.7 cm³/mol. The number of hydrogen-bond acceptors (Lipinski definition) is 2. The normalized spacial score (nSPS) is 10.1. The van der Waals surface area contributed by atoms with Crippen LogP contribution in [0.3, 0.4) is 0 Å². The van der Waals surface area contributed by atoms with Crippen molar-refractivity contribution in [3.05, 3.63) is 45.7 Å². The van der Waals surface area contributed by atoms with Crippen LogP contribution < -0.4 is 5.56 Å². The highest BCUT2D eigenvalue weighted by atomic mass is 16.5. The molecule has 3 heteroatoms. The molecule has 2 rings (SSSR count). The molecule has 0 aliphatic rings. The van der Waals surface area contributed by atoms with Gasteiger partial charge in [0, 0.05) is 17.5 Å². The Morgan fingerprint density at radius 3 is 2.89 bits per heavy atom. The van der Waals surface area contributed by atoms with E-state index in [1.54, 1.807) is 0 Å². The van der Waals surface area contributed by atoms with Crippen LogP contribution in [0, 0.1) is 18.8 Å². The van der Waals surface area contributed by atoms with Crippen molar-refractivity contribution in [2.24, 2.45) is 0 Å². The summed E-state index contributed by atoms with van der Waals surface area (Å²) in [6.07, 6.45) is 0. The lowest BCUT2D eigenvalue weighted by molar-refractivity contribution is 0.182. The molecule has 0 aliphatic heterocycles. The molecule has 0 radical (unpaired) electrons. The lowest BCUT2D eigenvalue weighted by atomic mass is 10.1. The summed E-state index contributed by atoms with van der Waals surface area (Å²) in [5, 5.41) is 1.03. The summed E-state index contributed by atoms with van der Waals surface area (Å²) in [5.74, 6) is 5.75. The average molecular weight is 241 g/mol. The number of benzene rings is 1. The molecule has 0 saturated heterocycles. The Kier molecular flexibility index (Phi) is 3.81. The van der Waals surface area contributed by atoms with Crippen LogP contribution in [0.5, 0.6) is 0 Å². The van der Waals surface area contributed by atoms with E-state index in [1.807, 2.05) is 38.1 Å². The number of aromatic nitrogens is 1. The van der Waals surface area contributed by atoms with E-state index < -0.39 is 0 Å². The molecule has 0 saturated carbocycles. The largest absolute Gasteiger partial charge is 0.369 e. The first-order valence-corrected chi connectivity index (χ1v) is 5.92. The highest BCUT2D eigenvalue weighted by Gasteiger charge is 2.05. The Morgan fingerprint density at radius 2 is 2.11 bits per heavy atom. The first-order valence-electron chi connectivity index (χ1n) is 5.92. The van der Waals surface area contributed by atoms with E-state index in [0.717, 1.165) is 16.5 Å². The molecule has 92 valence electrons. The second kappa shape index (κ2) is 5.52. The zero-order valence-electron chi connectivity index (χ0n) is 10.5. The minimum atomic E-state index is -0.143. The molecule has 3 nitrogen and oxygen atoms in total. The van der Waals surface area contributed by atoms with Gasteiger partial charge in [-0.25, -0.2) is 0 Å². The summed E-state index contributed by atoms with van der Waals surface area (Å²) in [4.78, 5) is 14.8. The van der Waals surface area contributed by atoms with Crippen molar-refractivity contribution in [2.75, 3.05) is 13.2 Å². The van der Waals surface area contributed by atoms with Crippen molar-refractivity contribution in [1.82, 2.24) is 4.98 Å². The van der Waals surface area contributed by atoms with Crippen LogP contribution in [0.4, 0.5) is 0 Å². The van der Waals surface area contributed by atoms with Crippen molar-refractivity contribution in [3.63, 3.8) is 0 Å². The standard InChI is InChI=1S/C15H15NO2/c1-3-18-10-6-8-13-11(2)12-7-4-5-9-14(12)16-15(13)17/h4-5,7,9H,3,10H2,1-2H3,(H,16,17). The lowest BCUT2D eigenvalue weighted by Gasteiger charge is -2.03. The third kappa shape index (κ3) is 2.44. The number of hydrogen-bond donors (Lipinski definition) is 1. The van der Waals surface area contributed by atoms with E-state index in [-0.39, 0.29) is 5.56 Å². The van der Waals surface area contributed by atoms with Gasteiger partial charge < -0.3 is 9.72 Å². The first-order chi connectivity index (χ1) is 8.74. The van der Waals surface area contributed by atoms with Crippen LogP contribution in [0.15, 0.2) is 29.1 Å². The van der Waals surface area contributed by atoms with Crippen molar-refractivity contribution < 1.29 is 4.74 Å². The third-order valence-electron chi connectivity index (χ3n) is 2.77. The summed E-state index contributed by atoms with van der Waals surface area (Å²) in [6.45, 7) is 4.81. The number of ether oxygens (including phenoxy) is 1. The van der Waals surface area contributed by atoms with Crippen LogP contribution in [-0.4, -0.2) is 18.2 Å². The Balaban J connectivity index is 2.50. The number of fused-ring (bicyclic) bond motifs is 1. The molecule has 0 bridgehead atoms. The number of aromatic amines is 1. The molecule has 0 spiro atoms. The van der Waals surface area contributed by atoms with Gasteiger partial charge in [-0.2, -0.15) is 0 Å². The van der Waals surface area contributed by atoms with Gasteiger partial charge in [-0.05, 0) is 25.5 Å². The van der Waals surface area contributed by atoms with Gasteiger partial charge in [0.05, 0.1) is 5.56 Å². The van der Waals surface area contributed by atoms with E-state index in [9.17, 15) is 4.79 Å². The van der Waals surface area contributed by atoms with Crippen molar-refractivity contribution in [1.29, 1.82) is 0 Å². The fourth-order valence-corrected chi connectivity index (χ4v) is 1.84. The molecule has 18 heavy (non-hydrogen) atoms. The highest BCUT2D eigenvalue weighted by molar-refractivity contribution is 5.83. The van der Waals surface area contributed by atoms with Crippen molar-refractivity contribution >= 4 is 10.9 Å². The molecule has 0 unspecified atom stereocenters.